The molecule has 1 N–H and O–H groups in total. The smallest absolute Gasteiger partial charge is 0.322 e. The highest BCUT2D eigenvalue weighted by Crippen LogP contribution is 2.60. The molecule has 0 bridgehead atoms. The fourth-order valence-electron chi connectivity index (χ4n) is 3.18. The lowest BCUT2D eigenvalue weighted by atomic mass is 9.97. The first-order chi connectivity index (χ1) is 12.9. The van der Waals surface area contributed by atoms with Gasteiger partial charge in [-0.3, -0.25) is 9.59 Å². The summed E-state index contributed by atoms with van der Waals surface area (Å²) in [5, 5.41) is 3.20. The van der Waals surface area contributed by atoms with Crippen LogP contribution in [0.3, 0.4) is 0 Å². The van der Waals surface area contributed by atoms with Crippen LogP contribution in [0.5, 0.6) is 0 Å². The summed E-state index contributed by atoms with van der Waals surface area (Å²) < 4.78 is 31.5. The average molecular weight is 394 g/mol. The molecular formula is C20H18ClF2NO3. The Morgan fingerprint density at radius 2 is 1.89 bits per heavy atom. The molecule has 1 saturated carbocycles. The third-order valence-electron chi connectivity index (χ3n) is 4.72. The molecule has 7 heteroatoms. The molecule has 4 nitrogen and oxygen atoms in total. The van der Waals surface area contributed by atoms with E-state index in [1.807, 2.05) is 0 Å². The molecule has 1 fully saturated rings. The minimum Gasteiger partial charge on any atom is -0.465 e. The Kier molecular flexibility index (Phi) is 5.46. The highest BCUT2D eigenvalue weighted by molar-refractivity contribution is 6.30. The highest BCUT2D eigenvalue weighted by atomic mass is 35.5. The summed E-state index contributed by atoms with van der Waals surface area (Å²) in [4.78, 5) is 25.3. The maximum atomic E-state index is 13.3. The standard InChI is InChI=1S/C20H18ClF2NO3/c1-2-27-19(26)20(10-15(20)13-4-6-14(21)7-5-13)18(25)24-11-12-3-8-16(22)17(23)9-12/h3-9,15H,2,10-11H2,1H3,(H,24,25). The van der Waals surface area contributed by atoms with Gasteiger partial charge in [-0.15, -0.1) is 0 Å². The first-order valence-electron chi connectivity index (χ1n) is 8.53. The number of carbonyl (C=O) groups is 2. The molecule has 3 rings (SSSR count). The van der Waals surface area contributed by atoms with Crippen molar-refractivity contribution in [3.05, 3.63) is 70.2 Å². The lowest BCUT2D eigenvalue weighted by molar-refractivity contribution is -0.154. The first-order valence-corrected chi connectivity index (χ1v) is 8.91. The number of halogens is 3. The largest absolute Gasteiger partial charge is 0.465 e. The van der Waals surface area contributed by atoms with Crippen molar-refractivity contribution < 1.29 is 23.1 Å². The summed E-state index contributed by atoms with van der Waals surface area (Å²) in [7, 11) is 0. The molecule has 27 heavy (non-hydrogen) atoms. The van der Waals surface area contributed by atoms with E-state index in [1.165, 1.54) is 6.07 Å². The van der Waals surface area contributed by atoms with Crippen molar-refractivity contribution in [2.24, 2.45) is 5.41 Å². The summed E-state index contributed by atoms with van der Waals surface area (Å²) in [5.74, 6) is -3.36. The van der Waals surface area contributed by atoms with Gasteiger partial charge >= 0.3 is 5.97 Å². The molecule has 1 amide bonds. The van der Waals surface area contributed by atoms with Gasteiger partial charge in [0, 0.05) is 17.5 Å². The van der Waals surface area contributed by atoms with Crippen molar-refractivity contribution >= 4 is 23.5 Å². The van der Waals surface area contributed by atoms with Crippen LogP contribution in [0, 0.1) is 17.0 Å². The van der Waals surface area contributed by atoms with Gasteiger partial charge in [0.15, 0.2) is 17.0 Å². The van der Waals surface area contributed by atoms with Gasteiger partial charge in [-0.2, -0.15) is 0 Å². The Balaban J connectivity index is 1.77. The fraction of sp³-hybridized carbons (Fsp3) is 0.300. The molecule has 0 heterocycles. The van der Waals surface area contributed by atoms with Crippen molar-refractivity contribution in [1.29, 1.82) is 0 Å². The minimum atomic E-state index is -1.32. The molecule has 0 aliphatic heterocycles. The number of carbonyl (C=O) groups excluding carboxylic acids is 2. The normalized spacial score (nSPS) is 20.8. The predicted octanol–water partition coefficient (Wildman–Crippen LogP) is 3.97. The SMILES string of the molecule is CCOC(=O)C1(C(=O)NCc2ccc(F)c(F)c2)CC1c1ccc(Cl)cc1. The molecular weight excluding hydrogens is 376 g/mol. The number of hydrogen-bond donors (Lipinski definition) is 1. The van der Waals surface area contributed by atoms with Crippen LogP contribution in [-0.2, 0) is 20.9 Å². The van der Waals surface area contributed by atoms with Crippen molar-refractivity contribution in [2.45, 2.75) is 25.8 Å². The van der Waals surface area contributed by atoms with E-state index < -0.39 is 28.9 Å². The van der Waals surface area contributed by atoms with Gasteiger partial charge in [-0.1, -0.05) is 29.8 Å². The number of esters is 1. The van der Waals surface area contributed by atoms with Crippen LogP contribution >= 0.6 is 11.6 Å². The molecule has 2 unspecified atom stereocenters. The Bertz CT molecular complexity index is 872. The summed E-state index contributed by atoms with van der Waals surface area (Å²) in [5.41, 5.74) is -0.108. The fourth-order valence-corrected chi connectivity index (χ4v) is 3.31. The summed E-state index contributed by atoms with van der Waals surface area (Å²) in [6, 6.07) is 10.3. The third-order valence-corrected chi connectivity index (χ3v) is 4.97. The van der Waals surface area contributed by atoms with Gasteiger partial charge in [0.1, 0.15) is 0 Å². The Hall–Kier alpha value is -2.47. The summed E-state index contributed by atoms with van der Waals surface area (Å²) in [6.07, 6.45) is 0.317. The van der Waals surface area contributed by atoms with E-state index in [2.05, 4.69) is 5.32 Å². The van der Waals surface area contributed by atoms with Crippen LogP contribution < -0.4 is 5.32 Å². The predicted molar refractivity (Wildman–Crippen MR) is 96.1 cm³/mol. The van der Waals surface area contributed by atoms with E-state index in [0.717, 1.165) is 17.7 Å². The van der Waals surface area contributed by atoms with Crippen molar-refractivity contribution in [3.8, 4) is 0 Å². The van der Waals surface area contributed by atoms with Gasteiger partial charge in [0.25, 0.3) is 0 Å². The second-order valence-corrected chi connectivity index (χ2v) is 6.87. The molecule has 1 aliphatic rings. The van der Waals surface area contributed by atoms with Gasteiger partial charge in [0.2, 0.25) is 5.91 Å². The summed E-state index contributed by atoms with van der Waals surface area (Å²) in [6.45, 7) is 1.80. The zero-order valence-corrected chi connectivity index (χ0v) is 15.4. The Labute approximate surface area is 160 Å². The molecule has 2 aromatic carbocycles. The number of nitrogens with one attached hydrogen (secondary N) is 1. The zero-order valence-electron chi connectivity index (χ0n) is 14.6. The van der Waals surface area contributed by atoms with E-state index in [0.29, 0.717) is 17.0 Å². The maximum Gasteiger partial charge on any atom is 0.322 e. The van der Waals surface area contributed by atoms with Crippen molar-refractivity contribution in [2.75, 3.05) is 6.61 Å². The van der Waals surface area contributed by atoms with E-state index in [9.17, 15) is 18.4 Å². The quantitative estimate of drug-likeness (QED) is 0.596. The lowest BCUT2D eigenvalue weighted by Gasteiger charge is -2.16. The number of rotatable bonds is 6. The van der Waals surface area contributed by atoms with E-state index in [1.54, 1.807) is 31.2 Å². The highest BCUT2D eigenvalue weighted by Gasteiger charge is 2.67. The second-order valence-electron chi connectivity index (χ2n) is 6.43. The Morgan fingerprint density at radius 3 is 2.52 bits per heavy atom. The third kappa shape index (κ3) is 3.81. The topological polar surface area (TPSA) is 55.4 Å². The van der Waals surface area contributed by atoms with Crippen LogP contribution in [0.2, 0.25) is 5.02 Å². The molecule has 2 aromatic rings. The van der Waals surface area contributed by atoms with Crippen LogP contribution in [0.15, 0.2) is 42.5 Å². The molecule has 1 aliphatic carbocycles. The van der Waals surface area contributed by atoms with E-state index in [-0.39, 0.29) is 19.1 Å². The van der Waals surface area contributed by atoms with E-state index in [4.69, 9.17) is 16.3 Å². The molecule has 0 aromatic heterocycles. The number of ether oxygens (including phenoxy) is 1. The minimum absolute atomic E-state index is 0.0233. The van der Waals surface area contributed by atoms with Crippen LogP contribution in [-0.4, -0.2) is 18.5 Å². The van der Waals surface area contributed by atoms with E-state index >= 15 is 0 Å². The lowest BCUT2D eigenvalue weighted by Crippen LogP contribution is -2.39. The molecule has 0 spiro atoms. The van der Waals surface area contributed by atoms with Gasteiger partial charge in [-0.25, -0.2) is 8.78 Å². The summed E-state index contributed by atoms with van der Waals surface area (Å²) >= 11 is 5.90. The average Bonchev–Trinajstić information content (AvgIpc) is 3.40. The molecule has 0 saturated heterocycles. The van der Waals surface area contributed by atoms with Crippen LogP contribution in [0.25, 0.3) is 0 Å². The zero-order chi connectivity index (χ0) is 19.6. The van der Waals surface area contributed by atoms with Crippen LogP contribution in [0.1, 0.15) is 30.4 Å². The monoisotopic (exact) mass is 393 g/mol. The maximum absolute atomic E-state index is 13.3. The molecule has 142 valence electrons. The van der Waals surface area contributed by atoms with Crippen molar-refractivity contribution in [3.63, 3.8) is 0 Å². The van der Waals surface area contributed by atoms with Gasteiger partial charge < -0.3 is 10.1 Å². The van der Waals surface area contributed by atoms with Gasteiger partial charge in [-0.05, 0) is 48.7 Å². The van der Waals surface area contributed by atoms with Gasteiger partial charge in [0.05, 0.1) is 6.61 Å². The number of hydrogen-bond acceptors (Lipinski definition) is 3. The van der Waals surface area contributed by atoms with Crippen LogP contribution in [0.4, 0.5) is 8.78 Å². The molecule has 0 radical (unpaired) electrons. The second kappa shape index (κ2) is 7.64. The number of benzene rings is 2. The Morgan fingerprint density at radius 1 is 1.19 bits per heavy atom. The van der Waals surface area contributed by atoms with Crippen molar-refractivity contribution in [1.82, 2.24) is 5.32 Å². The first kappa shape index (κ1) is 19.3. The molecule has 2 atom stereocenters. The number of amides is 1.